The van der Waals surface area contributed by atoms with Crippen molar-refractivity contribution < 1.29 is 14.4 Å². The van der Waals surface area contributed by atoms with E-state index in [1.807, 2.05) is 11.9 Å². The zero-order valence-corrected chi connectivity index (χ0v) is 15.6. The molecule has 1 heterocycles. The first-order valence-corrected chi connectivity index (χ1v) is 9.83. The van der Waals surface area contributed by atoms with Crippen LogP contribution >= 0.6 is 0 Å². The van der Waals surface area contributed by atoms with Gasteiger partial charge in [0.05, 0.1) is 0 Å². The molecule has 1 aliphatic heterocycles. The van der Waals surface area contributed by atoms with Gasteiger partial charge in [0, 0.05) is 26.1 Å². The van der Waals surface area contributed by atoms with Crippen molar-refractivity contribution in [3.63, 3.8) is 0 Å². The van der Waals surface area contributed by atoms with E-state index in [2.05, 4.69) is 12.2 Å². The zero-order chi connectivity index (χ0) is 18.0. The number of nitrogens with zero attached hydrogens (tertiary/aromatic N) is 2. The number of amides is 4. The van der Waals surface area contributed by atoms with Crippen molar-refractivity contribution in [3.8, 4) is 0 Å². The number of carbonyl (C=O) groups is 3. The van der Waals surface area contributed by atoms with Gasteiger partial charge in [-0.2, -0.15) is 0 Å². The van der Waals surface area contributed by atoms with Gasteiger partial charge in [0.2, 0.25) is 5.91 Å². The van der Waals surface area contributed by atoms with E-state index in [9.17, 15) is 14.4 Å². The Labute approximate surface area is 150 Å². The van der Waals surface area contributed by atoms with Crippen LogP contribution in [0.5, 0.6) is 0 Å². The van der Waals surface area contributed by atoms with Crippen LogP contribution in [0.15, 0.2) is 0 Å². The first-order valence-electron chi connectivity index (χ1n) is 9.83. The second-order valence-corrected chi connectivity index (χ2v) is 8.20. The zero-order valence-electron chi connectivity index (χ0n) is 15.6. The molecule has 2 saturated carbocycles. The van der Waals surface area contributed by atoms with Crippen LogP contribution in [0.2, 0.25) is 0 Å². The fraction of sp³-hybridized carbons (Fsp3) is 0.842. The van der Waals surface area contributed by atoms with E-state index in [0.29, 0.717) is 25.4 Å². The van der Waals surface area contributed by atoms with Gasteiger partial charge in [-0.25, -0.2) is 4.79 Å². The molecule has 4 amide bonds. The molecule has 25 heavy (non-hydrogen) atoms. The van der Waals surface area contributed by atoms with Crippen LogP contribution in [0.3, 0.4) is 0 Å². The van der Waals surface area contributed by atoms with Crippen LogP contribution in [0.1, 0.15) is 71.1 Å². The van der Waals surface area contributed by atoms with Gasteiger partial charge < -0.3 is 10.2 Å². The van der Waals surface area contributed by atoms with Crippen LogP contribution in [-0.4, -0.2) is 52.8 Å². The van der Waals surface area contributed by atoms with Crippen LogP contribution in [0.4, 0.5) is 4.79 Å². The van der Waals surface area contributed by atoms with E-state index in [-0.39, 0.29) is 17.8 Å². The van der Waals surface area contributed by atoms with E-state index in [1.165, 1.54) is 17.7 Å². The summed E-state index contributed by atoms with van der Waals surface area (Å²) in [5.41, 5.74) is -0.642. The molecule has 1 saturated heterocycles. The molecule has 0 aromatic heterocycles. The molecule has 0 unspecified atom stereocenters. The molecule has 0 aromatic rings. The van der Waals surface area contributed by atoms with Crippen molar-refractivity contribution in [2.24, 2.45) is 5.92 Å². The molecule has 0 aromatic carbocycles. The predicted molar refractivity (Wildman–Crippen MR) is 94.9 cm³/mol. The molecule has 2 aliphatic carbocycles. The fourth-order valence-corrected chi connectivity index (χ4v) is 4.59. The summed E-state index contributed by atoms with van der Waals surface area (Å²) in [6.45, 7) is 2.61. The number of imide groups is 1. The minimum absolute atomic E-state index is 0.0860. The monoisotopic (exact) mass is 349 g/mol. The molecule has 140 valence electrons. The van der Waals surface area contributed by atoms with Gasteiger partial charge in [0.15, 0.2) is 0 Å². The molecule has 1 N–H and O–H groups in total. The number of hydrogen-bond acceptors (Lipinski definition) is 3. The highest BCUT2D eigenvalue weighted by Gasteiger charge is 2.52. The second-order valence-electron chi connectivity index (χ2n) is 8.20. The Kier molecular flexibility index (Phi) is 5.35. The van der Waals surface area contributed by atoms with Gasteiger partial charge in [0.25, 0.3) is 5.91 Å². The fourth-order valence-electron chi connectivity index (χ4n) is 4.59. The Hall–Kier alpha value is -1.59. The smallest absolute Gasteiger partial charge is 0.325 e. The molecule has 0 radical (unpaired) electrons. The molecule has 0 bridgehead atoms. The van der Waals surface area contributed by atoms with Gasteiger partial charge in [-0.05, 0) is 50.9 Å². The molecule has 6 nitrogen and oxygen atoms in total. The largest absolute Gasteiger partial charge is 0.343 e. The van der Waals surface area contributed by atoms with Crippen molar-refractivity contribution in [2.75, 3.05) is 13.6 Å². The van der Waals surface area contributed by atoms with Gasteiger partial charge in [-0.15, -0.1) is 0 Å². The average Bonchev–Trinajstić information content (AvgIpc) is 3.15. The van der Waals surface area contributed by atoms with E-state index in [0.717, 1.165) is 44.4 Å². The Morgan fingerprint density at radius 1 is 1.20 bits per heavy atom. The van der Waals surface area contributed by atoms with Gasteiger partial charge in [-0.1, -0.05) is 19.8 Å². The number of carbonyl (C=O) groups excluding carboxylic acids is 3. The molecular weight excluding hydrogens is 318 g/mol. The highest BCUT2D eigenvalue weighted by Crippen LogP contribution is 2.35. The van der Waals surface area contributed by atoms with E-state index < -0.39 is 5.54 Å². The summed E-state index contributed by atoms with van der Waals surface area (Å²) in [6.07, 6.45) is 8.95. The summed E-state index contributed by atoms with van der Waals surface area (Å²) < 4.78 is 0. The Morgan fingerprint density at radius 3 is 2.48 bits per heavy atom. The summed E-state index contributed by atoms with van der Waals surface area (Å²) >= 11 is 0. The number of urea groups is 1. The molecule has 3 rings (SSSR count). The van der Waals surface area contributed by atoms with Crippen molar-refractivity contribution >= 4 is 17.8 Å². The van der Waals surface area contributed by atoms with Crippen molar-refractivity contribution in [3.05, 3.63) is 0 Å². The quantitative estimate of drug-likeness (QED) is 0.776. The summed E-state index contributed by atoms with van der Waals surface area (Å²) in [5, 5.41) is 2.89. The third-order valence-electron chi connectivity index (χ3n) is 6.40. The Balaban J connectivity index is 1.45. The first kappa shape index (κ1) is 18.2. The SMILES string of the molecule is CC1CCC(N(C)C(=O)CCCN2C(=O)NC3(CCCC3)C2=O)CC1. The van der Waals surface area contributed by atoms with Crippen molar-refractivity contribution in [1.82, 2.24) is 15.1 Å². The highest BCUT2D eigenvalue weighted by molar-refractivity contribution is 6.07. The second kappa shape index (κ2) is 7.34. The Bertz CT molecular complexity index is 534. The molecule has 1 spiro atoms. The third-order valence-corrected chi connectivity index (χ3v) is 6.40. The lowest BCUT2D eigenvalue weighted by atomic mass is 9.86. The molecule has 0 atom stereocenters. The standard InChI is InChI=1S/C19H31N3O3/c1-14-7-9-15(10-8-14)21(2)16(23)6-5-13-22-17(24)19(20-18(22)25)11-3-4-12-19/h14-15H,3-13H2,1-2H3,(H,20,25). The molecular formula is C19H31N3O3. The van der Waals surface area contributed by atoms with E-state index >= 15 is 0 Å². The van der Waals surface area contributed by atoms with Crippen LogP contribution in [0.25, 0.3) is 0 Å². The summed E-state index contributed by atoms with van der Waals surface area (Å²) in [4.78, 5) is 40.3. The van der Waals surface area contributed by atoms with Gasteiger partial charge in [0.1, 0.15) is 5.54 Å². The minimum Gasteiger partial charge on any atom is -0.343 e. The third kappa shape index (κ3) is 3.67. The van der Waals surface area contributed by atoms with Crippen LogP contribution < -0.4 is 5.32 Å². The normalized spacial score (nSPS) is 28.5. The molecule has 3 fully saturated rings. The van der Waals surface area contributed by atoms with Crippen LogP contribution in [0, 0.1) is 5.92 Å². The number of hydrogen-bond donors (Lipinski definition) is 1. The maximum absolute atomic E-state index is 12.6. The lowest BCUT2D eigenvalue weighted by molar-refractivity contribution is -0.134. The van der Waals surface area contributed by atoms with Gasteiger partial charge in [-0.3, -0.25) is 14.5 Å². The Morgan fingerprint density at radius 2 is 1.84 bits per heavy atom. The summed E-state index contributed by atoms with van der Waals surface area (Å²) in [7, 11) is 1.89. The maximum atomic E-state index is 12.6. The van der Waals surface area contributed by atoms with Crippen LogP contribution in [-0.2, 0) is 9.59 Å². The number of nitrogens with one attached hydrogen (secondary N) is 1. The lowest BCUT2D eigenvalue weighted by Gasteiger charge is -2.33. The summed E-state index contributed by atoms with van der Waals surface area (Å²) in [5.74, 6) is 0.807. The molecule has 6 heteroatoms. The number of rotatable bonds is 5. The maximum Gasteiger partial charge on any atom is 0.325 e. The predicted octanol–water partition coefficient (Wildman–Crippen LogP) is 2.67. The minimum atomic E-state index is -0.642. The first-order chi connectivity index (χ1) is 11.9. The summed E-state index contributed by atoms with van der Waals surface area (Å²) in [6, 6.07) is 0.0659. The molecule has 3 aliphatic rings. The van der Waals surface area contributed by atoms with E-state index in [4.69, 9.17) is 0 Å². The lowest BCUT2D eigenvalue weighted by Crippen LogP contribution is -2.44. The van der Waals surface area contributed by atoms with E-state index in [1.54, 1.807) is 0 Å². The topological polar surface area (TPSA) is 69.7 Å². The highest BCUT2D eigenvalue weighted by atomic mass is 16.2. The van der Waals surface area contributed by atoms with Crippen molar-refractivity contribution in [1.29, 1.82) is 0 Å². The van der Waals surface area contributed by atoms with Gasteiger partial charge >= 0.3 is 6.03 Å². The van der Waals surface area contributed by atoms with Crippen molar-refractivity contribution in [2.45, 2.75) is 82.7 Å². The average molecular weight is 349 g/mol.